The molecule has 0 aliphatic rings. The highest BCUT2D eigenvalue weighted by Crippen LogP contribution is 2.13. The second-order valence-corrected chi connectivity index (χ2v) is 7.05. The van der Waals surface area contributed by atoms with E-state index in [1.54, 1.807) is 12.1 Å². The van der Waals surface area contributed by atoms with Crippen molar-refractivity contribution in [3.8, 4) is 0 Å². The number of imidazole rings is 1. The number of fused-ring (bicyclic) bond motifs is 1. The Kier molecular flexibility index (Phi) is 5.23. The average Bonchev–Trinajstić information content (AvgIpc) is 3.09. The van der Waals surface area contributed by atoms with Gasteiger partial charge in [-0.15, -0.1) is 0 Å². The number of carbonyl (C=O) groups is 2. The molecule has 2 heterocycles. The van der Waals surface area contributed by atoms with Crippen molar-refractivity contribution in [2.45, 2.75) is 33.4 Å². The molecule has 1 atom stereocenters. The molecule has 9 heteroatoms. The van der Waals surface area contributed by atoms with E-state index in [0.29, 0.717) is 5.56 Å². The SMILES string of the molecule is Cc1ccc(C(=O)C(C)OC(=O)Cn2cnc3c2c(=O)n(C)c(=O)n3C)cc1C. The highest BCUT2D eigenvalue weighted by molar-refractivity contribution is 6.00. The van der Waals surface area contributed by atoms with Gasteiger partial charge in [0.1, 0.15) is 6.54 Å². The quantitative estimate of drug-likeness (QED) is 0.466. The minimum absolute atomic E-state index is 0.111. The van der Waals surface area contributed by atoms with E-state index in [2.05, 4.69) is 4.98 Å². The predicted octanol–water partition coefficient (Wildman–Crippen LogP) is 0.865. The van der Waals surface area contributed by atoms with Gasteiger partial charge in [-0.3, -0.25) is 23.5 Å². The third kappa shape index (κ3) is 3.63. The zero-order valence-electron chi connectivity index (χ0n) is 16.9. The smallest absolute Gasteiger partial charge is 0.332 e. The van der Waals surface area contributed by atoms with Crippen LogP contribution in [-0.2, 0) is 30.2 Å². The van der Waals surface area contributed by atoms with E-state index >= 15 is 0 Å². The van der Waals surface area contributed by atoms with Gasteiger partial charge in [-0.2, -0.15) is 0 Å². The van der Waals surface area contributed by atoms with E-state index in [1.807, 2.05) is 19.9 Å². The first kappa shape index (κ1) is 20.2. The van der Waals surface area contributed by atoms with E-state index in [1.165, 1.54) is 36.5 Å². The number of ketones is 1. The van der Waals surface area contributed by atoms with Gasteiger partial charge < -0.3 is 9.30 Å². The van der Waals surface area contributed by atoms with E-state index in [-0.39, 0.29) is 23.5 Å². The van der Waals surface area contributed by atoms with Gasteiger partial charge in [-0.25, -0.2) is 9.78 Å². The highest BCUT2D eigenvalue weighted by Gasteiger charge is 2.22. The summed E-state index contributed by atoms with van der Waals surface area (Å²) in [5.74, 6) is -1.000. The third-order valence-corrected chi connectivity index (χ3v) is 4.99. The summed E-state index contributed by atoms with van der Waals surface area (Å²) in [6, 6.07) is 5.30. The van der Waals surface area contributed by atoms with Crippen molar-refractivity contribution < 1.29 is 14.3 Å². The van der Waals surface area contributed by atoms with Crippen molar-refractivity contribution in [2.75, 3.05) is 0 Å². The summed E-state index contributed by atoms with van der Waals surface area (Å²) in [5.41, 5.74) is 1.71. The Bertz CT molecular complexity index is 1250. The average molecular weight is 398 g/mol. The number of ether oxygens (including phenoxy) is 1. The summed E-state index contributed by atoms with van der Waals surface area (Å²) in [7, 11) is 2.84. The summed E-state index contributed by atoms with van der Waals surface area (Å²) in [6.45, 7) is 5.04. The van der Waals surface area contributed by atoms with Gasteiger partial charge in [0.2, 0.25) is 5.78 Å². The standard InChI is InChI=1S/C20H22N4O5/c1-11-6-7-14(8-12(11)2)17(26)13(3)29-15(25)9-24-10-21-18-16(24)19(27)23(5)20(28)22(18)4/h6-8,10,13H,9H2,1-5H3. The Hall–Kier alpha value is -3.49. The van der Waals surface area contributed by atoms with Crippen LogP contribution in [0.4, 0.5) is 0 Å². The molecule has 9 nitrogen and oxygen atoms in total. The molecule has 29 heavy (non-hydrogen) atoms. The number of aromatic nitrogens is 4. The van der Waals surface area contributed by atoms with Crippen molar-refractivity contribution in [1.29, 1.82) is 0 Å². The van der Waals surface area contributed by atoms with Gasteiger partial charge in [-0.05, 0) is 38.0 Å². The number of aryl methyl sites for hydroxylation is 3. The van der Waals surface area contributed by atoms with Crippen LogP contribution in [0.25, 0.3) is 11.2 Å². The maximum atomic E-state index is 12.6. The van der Waals surface area contributed by atoms with Crippen LogP contribution in [0.5, 0.6) is 0 Å². The number of benzene rings is 1. The molecule has 0 bridgehead atoms. The zero-order valence-corrected chi connectivity index (χ0v) is 16.9. The van der Waals surface area contributed by atoms with E-state index in [0.717, 1.165) is 15.7 Å². The molecule has 1 unspecified atom stereocenters. The van der Waals surface area contributed by atoms with Crippen LogP contribution >= 0.6 is 0 Å². The molecule has 0 aliphatic carbocycles. The summed E-state index contributed by atoms with van der Waals surface area (Å²) in [5, 5.41) is 0. The molecule has 3 aromatic rings. The normalized spacial score (nSPS) is 12.2. The van der Waals surface area contributed by atoms with E-state index in [9.17, 15) is 19.2 Å². The molecule has 2 aromatic heterocycles. The molecule has 0 fully saturated rings. The van der Waals surface area contributed by atoms with Gasteiger partial charge in [0.25, 0.3) is 5.56 Å². The molecule has 3 rings (SSSR count). The first-order valence-electron chi connectivity index (χ1n) is 9.03. The van der Waals surface area contributed by atoms with Crippen molar-refractivity contribution in [3.63, 3.8) is 0 Å². The third-order valence-electron chi connectivity index (χ3n) is 4.99. The number of rotatable bonds is 5. The molecule has 0 saturated carbocycles. The van der Waals surface area contributed by atoms with Crippen LogP contribution in [0.2, 0.25) is 0 Å². The molecule has 0 amide bonds. The maximum absolute atomic E-state index is 12.6. The number of hydrogen-bond acceptors (Lipinski definition) is 6. The van der Waals surface area contributed by atoms with Crippen molar-refractivity contribution >= 4 is 22.9 Å². The highest BCUT2D eigenvalue weighted by atomic mass is 16.5. The molecular formula is C20H22N4O5. The van der Waals surface area contributed by atoms with Crippen LogP contribution in [0.1, 0.15) is 28.4 Å². The van der Waals surface area contributed by atoms with Gasteiger partial charge in [0, 0.05) is 19.7 Å². The number of carbonyl (C=O) groups excluding carboxylic acids is 2. The minimum atomic E-state index is -0.980. The first-order chi connectivity index (χ1) is 13.6. The summed E-state index contributed by atoms with van der Waals surface area (Å²) >= 11 is 0. The van der Waals surface area contributed by atoms with Crippen molar-refractivity contribution in [1.82, 2.24) is 18.7 Å². The van der Waals surface area contributed by atoms with Crippen molar-refractivity contribution in [2.24, 2.45) is 14.1 Å². The second-order valence-electron chi connectivity index (χ2n) is 7.05. The zero-order chi connectivity index (χ0) is 21.5. The topological polar surface area (TPSA) is 105 Å². The van der Waals surface area contributed by atoms with Crippen LogP contribution in [0, 0.1) is 13.8 Å². The van der Waals surface area contributed by atoms with Crippen molar-refractivity contribution in [3.05, 3.63) is 62.1 Å². The number of esters is 1. The summed E-state index contributed by atoms with van der Waals surface area (Å²) < 4.78 is 8.75. The fourth-order valence-corrected chi connectivity index (χ4v) is 3.07. The lowest BCUT2D eigenvalue weighted by Crippen LogP contribution is -2.37. The Morgan fingerprint density at radius 2 is 1.79 bits per heavy atom. The molecule has 0 spiro atoms. The molecule has 1 aromatic carbocycles. The number of nitrogens with zero attached hydrogens (tertiary/aromatic N) is 4. The fourth-order valence-electron chi connectivity index (χ4n) is 3.07. The largest absolute Gasteiger partial charge is 0.453 e. The summed E-state index contributed by atoms with van der Waals surface area (Å²) in [4.78, 5) is 53.4. The van der Waals surface area contributed by atoms with Crippen LogP contribution in [-0.4, -0.2) is 36.5 Å². The molecular weight excluding hydrogens is 376 g/mol. The van der Waals surface area contributed by atoms with Gasteiger partial charge >= 0.3 is 11.7 Å². The van der Waals surface area contributed by atoms with Crippen LogP contribution in [0.3, 0.4) is 0 Å². The Labute approximate surface area is 166 Å². The fraction of sp³-hybridized carbons (Fsp3) is 0.350. The Morgan fingerprint density at radius 3 is 2.45 bits per heavy atom. The molecule has 0 saturated heterocycles. The lowest BCUT2D eigenvalue weighted by molar-refractivity contribution is -0.146. The maximum Gasteiger partial charge on any atom is 0.332 e. The molecule has 152 valence electrons. The first-order valence-corrected chi connectivity index (χ1v) is 9.03. The van der Waals surface area contributed by atoms with Gasteiger partial charge in [0.15, 0.2) is 17.3 Å². The molecule has 0 N–H and O–H groups in total. The van der Waals surface area contributed by atoms with E-state index < -0.39 is 23.3 Å². The predicted molar refractivity (Wildman–Crippen MR) is 106 cm³/mol. The Balaban J connectivity index is 1.80. The lowest BCUT2D eigenvalue weighted by Gasteiger charge is -2.14. The lowest BCUT2D eigenvalue weighted by atomic mass is 10.0. The van der Waals surface area contributed by atoms with E-state index in [4.69, 9.17) is 4.74 Å². The number of hydrogen-bond donors (Lipinski definition) is 0. The van der Waals surface area contributed by atoms with Gasteiger partial charge in [-0.1, -0.05) is 12.1 Å². The Morgan fingerprint density at radius 1 is 1.10 bits per heavy atom. The summed E-state index contributed by atoms with van der Waals surface area (Å²) in [6.07, 6.45) is 0.314. The van der Waals surface area contributed by atoms with Gasteiger partial charge in [0.05, 0.1) is 6.33 Å². The molecule has 0 radical (unpaired) electrons. The number of Topliss-reactive ketones (excluding diaryl/α,β-unsaturated/α-hetero) is 1. The monoisotopic (exact) mass is 398 g/mol. The molecule has 0 aliphatic heterocycles. The van der Waals surface area contributed by atoms with Crippen LogP contribution < -0.4 is 11.2 Å². The minimum Gasteiger partial charge on any atom is -0.453 e. The van der Waals surface area contributed by atoms with Crippen LogP contribution in [0.15, 0.2) is 34.1 Å². The second kappa shape index (κ2) is 7.50.